The Kier molecular flexibility index (Phi) is 7.96. The molecule has 0 fully saturated rings. The minimum Gasteiger partial charge on any atom is -0.495 e. The third kappa shape index (κ3) is 6.66. The summed E-state index contributed by atoms with van der Waals surface area (Å²) in [5, 5.41) is 10.1. The summed E-state index contributed by atoms with van der Waals surface area (Å²) in [5.41, 5.74) is 2.33. The van der Waals surface area contributed by atoms with Crippen molar-refractivity contribution in [3.05, 3.63) is 77.8 Å². The third-order valence-electron chi connectivity index (χ3n) is 3.95. The normalized spacial score (nSPS) is 10.2. The molecule has 3 rings (SSSR count). The van der Waals surface area contributed by atoms with Gasteiger partial charge in [-0.05, 0) is 66.8 Å². The number of benzene rings is 3. The minimum atomic E-state index is -0.143. The fourth-order valence-electron chi connectivity index (χ4n) is 2.56. The van der Waals surface area contributed by atoms with Gasteiger partial charge in [0.05, 0.1) is 18.6 Å². The Bertz CT molecular complexity index is 1010. The molecule has 0 unspecified atom stereocenters. The van der Waals surface area contributed by atoms with Gasteiger partial charge in [-0.15, -0.1) is 11.8 Å². The number of thioether (sulfide) groups is 1. The molecule has 3 aromatic carbocycles. The predicted octanol–water partition coefficient (Wildman–Crippen LogP) is 5.89. The van der Waals surface area contributed by atoms with E-state index in [2.05, 4.69) is 16.0 Å². The van der Waals surface area contributed by atoms with Gasteiger partial charge < -0.3 is 20.7 Å². The first kappa shape index (κ1) is 22.0. The first-order chi connectivity index (χ1) is 14.5. The maximum Gasteiger partial charge on any atom is 0.234 e. The zero-order chi connectivity index (χ0) is 21.3. The molecule has 5 nitrogen and oxygen atoms in total. The lowest BCUT2D eigenvalue weighted by atomic mass is 10.3. The number of methoxy groups -OCH3 is 1. The fourth-order valence-corrected chi connectivity index (χ4v) is 3.67. The summed E-state index contributed by atoms with van der Waals surface area (Å²) in [4.78, 5) is 13.3. The van der Waals surface area contributed by atoms with E-state index in [9.17, 15) is 4.79 Å². The Morgan fingerprint density at radius 1 is 0.967 bits per heavy atom. The van der Waals surface area contributed by atoms with Crippen LogP contribution in [0.4, 0.5) is 17.1 Å². The smallest absolute Gasteiger partial charge is 0.234 e. The highest BCUT2D eigenvalue weighted by atomic mass is 35.5. The van der Waals surface area contributed by atoms with Gasteiger partial charge in [-0.25, -0.2) is 0 Å². The molecule has 30 heavy (non-hydrogen) atoms. The van der Waals surface area contributed by atoms with Gasteiger partial charge in [0.2, 0.25) is 5.91 Å². The average molecular weight is 458 g/mol. The monoisotopic (exact) mass is 457 g/mol. The largest absolute Gasteiger partial charge is 0.495 e. The summed E-state index contributed by atoms with van der Waals surface area (Å²) in [6.45, 7) is 0. The van der Waals surface area contributed by atoms with E-state index in [0.717, 1.165) is 16.3 Å². The van der Waals surface area contributed by atoms with E-state index in [1.165, 1.54) is 11.8 Å². The lowest BCUT2D eigenvalue weighted by Gasteiger charge is -2.11. The maximum absolute atomic E-state index is 12.3. The number of hydrogen-bond acceptors (Lipinski definition) is 4. The second kappa shape index (κ2) is 10.9. The van der Waals surface area contributed by atoms with Crippen molar-refractivity contribution in [3.63, 3.8) is 0 Å². The Balaban J connectivity index is 1.49. The number of carbonyl (C=O) groups is 1. The van der Waals surface area contributed by atoms with E-state index < -0.39 is 0 Å². The molecule has 154 valence electrons. The molecule has 0 aliphatic carbocycles. The number of para-hydroxylation sites is 1. The van der Waals surface area contributed by atoms with Crippen molar-refractivity contribution in [2.45, 2.75) is 4.90 Å². The molecule has 8 heteroatoms. The number of carbonyl (C=O) groups excluding carboxylic acids is 1. The fraction of sp³-hybridized carbons (Fsp3) is 0.0909. The Hall–Kier alpha value is -2.74. The number of anilines is 3. The zero-order valence-electron chi connectivity index (χ0n) is 16.1. The van der Waals surface area contributed by atoms with Crippen LogP contribution in [0.25, 0.3) is 0 Å². The molecule has 0 saturated carbocycles. The van der Waals surface area contributed by atoms with Crippen LogP contribution in [0.2, 0.25) is 5.02 Å². The summed E-state index contributed by atoms with van der Waals surface area (Å²) >= 11 is 12.8. The van der Waals surface area contributed by atoms with E-state index in [4.69, 9.17) is 28.6 Å². The van der Waals surface area contributed by atoms with E-state index in [0.29, 0.717) is 21.6 Å². The zero-order valence-corrected chi connectivity index (χ0v) is 18.5. The maximum atomic E-state index is 12.3. The Morgan fingerprint density at radius 3 is 2.30 bits per heavy atom. The van der Waals surface area contributed by atoms with Crippen LogP contribution in [-0.4, -0.2) is 23.9 Å². The second-order valence-corrected chi connectivity index (χ2v) is 8.04. The van der Waals surface area contributed by atoms with Crippen molar-refractivity contribution < 1.29 is 9.53 Å². The number of ether oxygens (including phenoxy) is 1. The number of hydrogen-bond donors (Lipinski definition) is 3. The lowest BCUT2D eigenvalue weighted by Crippen LogP contribution is -2.18. The summed E-state index contributed by atoms with van der Waals surface area (Å²) in [6.07, 6.45) is 0. The van der Waals surface area contributed by atoms with Crippen molar-refractivity contribution in [1.82, 2.24) is 0 Å². The molecule has 0 bridgehead atoms. The topological polar surface area (TPSA) is 62.4 Å². The molecule has 0 spiro atoms. The summed E-state index contributed by atoms with van der Waals surface area (Å²) in [6, 6.07) is 22.5. The van der Waals surface area contributed by atoms with Gasteiger partial charge in [-0.1, -0.05) is 29.8 Å². The van der Waals surface area contributed by atoms with Crippen molar-refractivity contribution in [1.29, 1.82) is 0 Å². The number of halogens is 1. The average Bonchev–Trinajstić information content (AvgIpc) is 2.74. The number of nitrogens with one attached hydrogen (secondary N) is 3. The quantitative estimate of drug-likeness (QED) is 0.304. The molecule has 0 radical (unpaired) electrons. The van der Waals surface area contributed by atoms with Crippen LogP contribution in [0, 0.1) is 0 Å². The number of amides is 1. The first-order valence-corrected chi connectivity index (χ1v) is 10.8. The van der Waals surface area contributed by atoms with Gasteiger partial charge in [0, 0.05) is 21.3 Å². The molecule has 0 aliphatic heterocycles. The van der Waals surface area contributed by atoms with Gasteiger partial charge in [0.1, 0.15) is 5.75 Å². The van der Waals surface area contributed by atoms with E-state index in [1.54, 1.807) is 25.3 Å². The third-order valence-corrected chi connectivity index (χ3v) is 5.40. The van der Waals surface area contributed by atoms with Crippen LogP contribution < -0.4 is 20.7 Å². The lowest BCUT2D eigenvalue weighted by molar-refractivity contribution is -0.113. The molecule has 3 N–H and O–H groups in total. The van der Waals surface area contributed by atoms with Gasteiger partial charge in [0.15, 0.2) is 5.11 Å². The van der Waals surface area contributed by atoms with Crippen LogP contribution in [0.15, 0.2) is 77.7 Å². The van der Waals surface area contributed by atoms with Gasteiger partial charge in [0.25, 0.3) is 0 Å². The van der Waals surface area contributed by atoms with Gasteiger partial charge in [-0.2, -0.15) is 0 Å². The van der Waals surface area contributed by atoms with Crippen molar-refractivity contribution in [2.24, 2.45) is 0 Å². The molecule has 3 aromatic rings. The van der Waals surface area contributed by atoms with Gasteiger partial charge >= 0.3 is 0 Å². The highest BCUT2D eigenvalue weighted by molar-refractivity contribution is 8.00. The highest BCUT2D eigenvalue weighted by Crippen LogP contribution is 2.28. The molecule has 1 amide bonds. The number of thiocarbonyl (C=S) groups is 1. The number of rotatable bonds is 7. The SMILES string of the molecule is COc1ccc(Cl)cc1NC(=O)CSc1ccc(NC(=S)Nc2ccccc2)cc1. The molecular weight excluding hydrogens is 438 g/mol. The van der Waals surface area contributed by atoms with Crippen molar-refractivity contribution in [3.8, 4) is 5.75 Å². The van der Waals surface area contributed by atoms with E-state index in [1.807, 2.05) is 54.6 Å². The first-order valence-electron chi connectivity index (χ1n) is 9.03. The van der Waals surface area contributed by atoms with Crippen LogP contribution in [0.3, 0.4) is 0 Å². The van der Waals surface area contributed by atoms with Gasteiger partial charge in [-0.3, -0.25) is 4.79 Å². The summed E-state index contributed by atoms with van der Waals surface area (Å²) in [5.74, 6) is 0.681. The van der Waals surface area contributed by atoms with Crippen LogP contribution in [0.1, 0.15) is 0 Å². The van der Waals surface area contributed by atoms with Crippen LogP contribution in [-0.2, 0) is 4.79 Å². The van der Waals surface area contributed by atoms with Crippen LogP contribution >= 0.6 is 35.6 Å². The molecule has 0 aliphatic rings. The second-order valence-electron chi connectivity index (χ2n) is 6.15. The highest BCUT2D eigenvalue weighted by Gasteiger charge is 2.09. The Morgan fingerprint density at radius 2 is 1.63 bits per heavy atom. The predicted molar refractivity (Wildman–Crippen MR) is 130 cm³/mol. The molecule has 0 atom stereocenters. The summed E-state index contributed by atoms with van der Waals surface area (Å²) < 4.78 is 5.24. The summed E-state index contributed by atoms with van der Waals surface area (Å²) in [7, 11) is 1.55. The Labute approximate surface area is 190 Å². The van der Waals surface area contributed by atoms with E-state index >= 15 is 0 Å². The van der Waals surface area contributed by atoms with Crippen molar-refractivity contribution >= 4 is 63.7 Å². The van der Waals surface area contributed by atoms with E-state index in [-0.39, 0.29) is 11.7 Å². The molecule has 0 aromatic heterocycles. The molecule has 0 heterocycles. The molecular formula is C22H20ClN3O2S2. The molecule has 0 saturated heterocycles. The minimum absolute atomic E-state index is 0.143. The van der Waals surface area contributed by atoms with Crippen LogP contribution in [0.5, 0.6) is 5.75 Å². The van der Waals surface area contributed by atoms with Crippen molar-refractivity contribution in [2.75, 3.05) is 28.8 Å². The standard InChI is InChI=1S/C22H20ClN3O2S2/c1-28-20-12-7-15(23)13-19(20)26-21(27)14-30-18-10-8-17(9-11-18)25-22(29)24-16-5-3-2-4-6-16/h2-13H,14H2,1H3,(H,26,27)(H2,24,25,29).